The molecule has 1 fully saturated rings. The van der Waals surface area contributed by atoms with Crippen molar-refractivity contribution in [1.82, 2.24) is 30.6 Å². The molecular formula is C13H16N6O. The van der Waals surface area contributed by atoms with Crippen molar-refractivity contribution in [2.24, 2.45) is 0 Å². The highest BCUT2D eigenvalue weighted by molar-refractivity contribution is 5.91. The minimum absolute atomic E-state index is 0.188. The maximum atomic E-state index is 11.9. The van der Waals surface area contributed by atoms with Crippen LogP contribution in [-0.4, -0.2) is 45.5 Å². The van der Waals surface area contributed by atoms with Gasteiger partial charge in [0.1, 0.15) is 0 Å². The van der Waals surface area contributed by atoms with E-state index in [0.717, 1.165) is 25.1 Å². The number of hydrogen-bond donors (Lipinski definition) is 2. The number of rotatable bonds is 5. The van der Waals surface area contributed by atoms with E-state index in [2.05, 4.69) is 25.9 Å². The molecule has 0 aliphatic carbocycles. The Labute approximate surface area is 116 Å². The van der Waals surface area contributed by atoms with E-state index in [9.17, 15) is 4.79 Å². The van der Waals surface area contributed by atoms with E-state index in [0.29, 0.717) is 18.3 Å². The van der Waals surface area contributed by atoms with Crippen molar-refractivity contribution < 1.29 is 4.79 Å². The number of pyridine rings is 1. The summed E-state index contributed by atoms with van der Waals surface area (Å²) < 4.78 is 1.74. The fraction of sp³-hybridized carbons (Fsp3) is 0.385. The fourth-order valence-corrected chi connectivity index (χ4v) is 1.98. The monoisotopic (exact) mass is 272 g/mol. The molecule has 0 radical (unpaired) electrons. The summed E-state index contributed by atoms with van der Waals surface area (Å²) in [7, 11) is 0. The van der Waals surface area contributed by atoms with E-state index < -0.39 is 0 Å². The molecule has 0 bridgehead atoms. The molecule has 3 heterocycles. The fourth-order valence-electron chi connectivity index (χ4n) is 1.98. The van der Waals surface area contributed by atoms with E-state index in [4.69, 9.17) is 0 Å². The summed E-state index contributed by atoms with van der Waals surface area (Å²) in [4.78, 5) is 16.0. The lowest BCUT2D eigenvalue weighted by atomic mass is 10.2. The molecule has 1 aliphatic heterocycles. The van der Waals surface area contributed by atoms with Crippen molar-refractivity contribution >= 4 is 5.91 Å². The van der Waals surface area contributed by atoms with E-state index in [1.807, 2.05) is 12.1 Å². The Morgan fingerprint density at radius 1 is 1.50 bits per heavy atom. The van der Waals surface area contributed by atoms with Gasteiger partial charge >= 0.3 is 0 Å². The Hall–Kier alpha value is -2.28. The SMILES string of the molecule is O=C(NCCc1cccnc1)c1cn(C2CNC2)nn1. The number of nitrogens with zero attached hydrogens (tertiary/aromatic N) is 4. The van der Waals surface area contributed by atoms with Crippen LogP contribution in [0.4, 0.5) is 0 Å². The summed E-state index contributed by atoms with van der Waals surface area (Å²) in [5.41, 5.74) is 1.46. The largest absolute Gasteiger partial charge is 0.350 e. The third-order valence-electron chi connectivity index (χ3n) is 3.30. The quantitative estimate of drug-likeness (QED) is 0.786. The molecule has 1 amide bonds. The van der Waals surface area contributed by atoms with Crippen molar-refractivity contribution in [1.29, 1.82) is 0 Å². The highest BCUT2D eigenvalue weighted by atomic mass is 16.2. The maximum Gasteiger partial charge on any atom is 0.273 e. The van der Waals surface area contributed by atoms with Crippen molar-refractivity contribution in [3.8, 4) is 0 Å². The number of amides is 1. The van der Waals surface area contributed by atoms with Crippen molar-refractivity contribution in [2.45, 2.75) is 12.5 Å². The molecule has 1 aliphatic rings. The zero-order valence-corrected chi connectivity index (χ0v) is 11.0. The first kappa shape index (κ1) is 12.7. The number of carbonyl (C=O) groups excluding carboxylic acids is 1. The van der Waals surface area contributed by atoms with Gasteiger partial charge in [-0.3, -0.25) is 9.78 Å². The van der Waals surface area contributed by atoms with Crippen LogP contribution in [-0.2, 0) is 6.42 Å². The van der Waals surface area contributed by atoms with Gasteiger partial charge in [0.05, 0.1) is 12.2 Å². The second-order valence-electron chi connectivity index (χ2n) is 4.76. The molecular weight excluding hydrogens is 256 g/mol. The Bertz CT molecular complexity index is 578. The summed E-state index contributed by atoms with van der Waals surface area (Å²) in [6.45, 7) is 2.32. The van der Waals surface area contributed by atoms with Crippen LogP contribution in [0.1, 0.15) is 22.1 Å². The molecule has 7 nitrogen and oxygen atoms in total. The summed E-state index contributed by atoms with van der Waals surface area (Å²) >= 11 is 0. The lowest BCUT2D eigenvalue weighted by Gasteiger charge is -2.26. The molecule has 1 saturated heterocycles. The number of carbonyl (C=O) groups is 1. The van der Waals surface area contributed by atoms with Gasteiger partial charge in [-0.05, 0) is 18.1 Å². The Kier molecular flexibility index (Phi) is 3.69. The zero-order chi connectivity index (χ0) is 13.8. The number of aromatic nitrogens is 4. The van der Waals surface area contributed by atoms with Crippen LogP contribution in [0, 0.1) is 0 Å². The van der Waals surface area contributed by atoms with E-state index in [1.54, 1.807) is 23.3 Å². The van der Waals surface area contributed by atoms with Crippen molar-refractivity contribution in [3.63, 3.8) is 0 Å². The number of hydrogen-bond acceptors (Lipinski definition) is 5. The smallest absolute Gasteiger partial charge is 0.273 e. The van der Waals surface area contributed by atoms with Crippen LogP contribution in [0.3, 0.4) is 0 Å². The molecule has 0 aromatic carbocycles. The lowest BCUT2D eigenvalue weighted by molar-refractivity contribution is 0.0949. The summed E-state index contributed by atoms with van der Waals surface area (Å²) in [6.07, 6.45) is 5.98. The molecule has 7 heteroatoms. The van der Waals surface area contributed by atoms with Gasteiger partial charge in [-0.25, -0.2) is 4.68 Å². The van der Waals surface area contributed by atoms with Crippen LogP contribution in [0.25, 0.3) is 0 Å². The van der Waals surface area contributed by atoms with Gasteiger partial charge in [-0.15, -0.1) is 5.10 Å². The van der Waals surface area contributed by atoms with Gasteiger partial charge in [0, 0.05) is 32.0 Å². The second-order valence-corrected chi connectivity index (χ2v) is 4.76. The topological polar surface area (TPSA) is 84.7 Å². The minimum atomic E-state index is -0.188. The van der Waals surface area contributed by atoms with Gasteiger partial charge in [-0.2, -0.15) is 0 Å². The molecule has 2 N–H and O–H groups in total. The highest BCUT2D eigenvalue weighted by Crippen LogP contribution is 2.09. The third kappa shape index (κ3) is 2.83. The first-order valence-corrected chi connectivity index (χ1v) is 6.62. The normalized spacial score (nSPS) is 14.8. The minimum Gasteiger partial charge on any atom is -0.350 e. The molecule has 20 heavy (non-hydrogen) atoms. The molecule has 2 aromatic rings. The van der Waals surface area contributed by atoms with Crippen LogP contribution in [0.15, 0.2) is 30.7 Å². The predicted molar refractivity (Wildman–Crippen MR) is 72.2 cm³/mol. The van der Waals surface area contributed by atoms with Gasteiger partial charge in [0.25, 0.3) is 5.91 Å². The highest BCUT2D eigenvalue weighted by Gasteiger charge is 2.21. The van der Waals surface area contributed by atoms with Gasteiger partial charge in [0.2, 0.25) is 0 Å². The van der Waals surface area contributed by atoms with Crippen LogP contribution < -0.4 is 10.6 Å². The maximum absolute atomic E-state index is 11.9. The van der Waals surface area contributed by atoms with Crippen LogP contribution in [0.5, 0.6) is 0 Å². The molecule has 0 saturated carbocycles. The Morgan fingerprint density at radius 3 is 3.10 bits per heavy atom. The number of nitrogens with one attached hydrogen (secondary N) is 2. The van der Waals surface area contributed by atoms with Crippen molar-refractivity contribution in [3.05, 3.63) is 42.0 Å². The molecule has 0 unspecified atom stereocenters. The first-order chi connectivity index (χ1) is 9.83. The van der Waals surface area contributed by atoms with Gasteiger partial charge in [-0.1, -0.05) is 11.3 Å². The lowest BCUT2D eigenvalue weighted by Crippen LogP contribution is -2.43. The van der Waals surface area contributed by atoms with Gasteiger partial charge in [0.15, 0.2) is 5.69 Å². The molecule has 104 valence electrons. The van der Waals surface area contributed by atoms with Crippen LogP contribution in [0.2, 0.25) is 0 Å². The van der Waals surface area contributed by atoms with E-state index in [1.165, 1.54) is 0 Å². The Balaban J connectivity index is 1.50. The third-order valence-corrected chi connectivity index (χ3v) is 3.30. The van der Waals surface area contributed by atoms with E-state index in [-0.39, 0.29) is 5.91 Å². The second kappa shape index (κ2) is 5.79. The summed E-state index contributed by atoms with van der Waals surface area (Å²) in [5, 5.41) is 13.9. The average Bonchev–Trinajstić information content (AvgIpc) is 2.87. The summed E-state index contributed by atoms with van der Waals surface area (Å²) in [6, 6.07) is 4.19. The predicted octanol–water partition coefficient (Wildman–Crippen LogP) is -0.210. The molecule has 0 atom stereocenters. The average molecular weight is 272 g/mol. The van der Waals surface area contributed by atoms with E-state index >= 15 is 0 Å². The van der Waals surface area contributed by atoms with Gasteiger partial charge < -0.3 is 10.6 Å². The molecule has 0 spiro atoms. The standard InChI is InChI=1S/C13H16N6O/c20-13(16-5-3-10-2-1-4-14-6-10)12-9-19(18-17-12)11-7-15-8-11/h1-2,4,6,9,11,15H,3,5,7-8H2,(H,16,20). The van der Waals surface area contributed by atoms with Crippen molar-refractivity contribution in [2.75, 3.05) is 19.6 Å². The molecule has 2 aromatic heterocycles. The summed E-state index contributed by atoms with van der Waals surface area (Å²) in [5.74, 6) is -0.188. The Morgan fingerprint density at radius 2 is 2.40 bits per heavy atom. The molecule has 3 rings (SSSR count). The first-order valence-electron chi connectivity index (χ1n) is 6.62. The zero-order valence-electron chi connectivity index (χ0n) is 11.0. The van der Waals surface area contributed by atoms with Crippen LogP contribution >= 0.6 is 0 Å².